The number of thiocarbonyl (C=S) groups is 1. The minimum Gasteiger partial charge on any atom is -0.456 e. The van der Waals surface area contributed by atoms with Crippen LogP contribution in [0.2, 0.25) is 0 Å². The second-order valence-corrected chi connectivity index (χ2v) is 10.0. The molecule has 0 atom stereocenters. The zero-order chi connectivity index (χ0) is 25.3. The molecule has 0 radical (unpaired) electrons. The molecule has 1 aliphatic heterocycles. The van der Waals surface area contributed by atoms with E-state index in [-0.39, 0.29) is 18.9 Å². The van der Waals surface area contributed by atoms with Gasteiger partial charge in [0, 0.05) is 17.5 Å². The first kappa shape index (κ1) is 25.5. The van der Waals surface area contributed by atoms with E-state index in [0.29, 0.717) is 14.4 Å². The van der Waals surface area contributed by atoms with E-state index < -0.39 is 18.5 Å². The van der Waals surface area contributed by atoms with Crippen LogP contribution in [0.3, 0.4) is 0 Å². The number of allylic oxidation sites excluding steroid dienone is 2. The van der Waals surface area contributed by atoms with Crippen LogP contribution < -0.4 is 5.32 Å². The van der Waals surface area contributed by atoms with Crippen molar-refractivity contribution in [2.75, 3.05) is 18.5 Å². The van der Waals surface area contributed by atoms with Gasteiger partial charge >= 0.3 is 5.97 Å². The maximum Gasteiger partial charge on any atom is 0.308 e. The van der Waals surface area contributed by atoms with Gasteiger partial charge in [-0.3, -0.25) is 24.6 Å². The number of benzene rings is 2. The highest BCUT2D eigenvalue weighted by Crippen LogP contribution is 2.31. The van der Waals surface area contributed by atoms with Crippen molar-refractivity contribution in [2.45, 2.75) is 6.42 Å². The second-order valence-electron chi connectivity index (χ2n) is 7.49. The summed E-state index contributed by atoms with van der Waals surface area (Å²) in [4.78, 5) is 43.2. The molecule has 3 aromatic rings. The monoisotopic (exact) mass is 535 g/mol. The van der Waals surface area contributed by atoms with Gasteiger partial charge in [-0.25, -0.2) is 4.98 Å². The number of anilines is 1. The molecule has 0 unspecified atom stereocenters. The second kappa shape index (κ2) is 12.4. The Hall–Kier alpha value is -3.60. The third kappa shape index (κ3) is 6.97. The smallest absolute Gasteiger partial charge is 0.308 e. The zero-order valence-electron chi connectivity index (χ0n) is 19.0. The van der Waals surface area contributed by atoms with Crippen molar-refractivity contribution in [3.63, 3.8) is 0 Å². The lowest BCUT2D eigenvalue weighted by molar-refractivity contribution is -0.147. The van der Waals surface area contributed by atoms with E-state index in [1.54, 1.807) is 12.2 Å². The van der Waals surface area contributed by atoms with Crippen molar-refractivity contribution in [3.05, 3.63) is 88.7 Å². The molecular weight excluding hydrogens is 515 g/mol. The van der Waals surface area contributed by atoms with Crippen LogP contribution in [0, 0.1) is 0 Å². The molecule has 1 aliphatic rings. The molecule has 0 spiro atoms. The van der Waals surface area contributed by atoms with E-state index in [0.717, 1.165) is 16.8 Å². The zero-order valence-corrected chi connectivity index (χ0v) is 21.4. The summed E-state index contributed by atoms with van der Waals surface area (Å²) in [5.74, 6) is -1.35. The summed E-state index contributed by atoms with van der Waals surface area (Å²) in [6.45, 7) is -0.362. The molecule has 7 nitrogen and oxygen atoms in total. The number of nitrogens with one attached hydrogen (secondary N) is 1. The molecule has 10 heteroatoms. The lowest BCUT2D eigenvalue weighted by Gasteiger charge is -2.13. The minimum absolute atomic E-state index is 0.0811. The quantitative estimate of drug-likeness (QED) is 0.231. The first-order chi connectivity index (χ1) is 17.5. The topological polar surface area (TPSA) is 88.6 Å². The molecule has 1 fully saturated rings. The molecule has 2 amide bonds. The fraction of sp³-hybridized carbons (Fsp3) is 0.115. The van der Waals surface area contributed by atoms with Gasteiger partial charge in [-0.2, -0.15) is 0 Å². The van der Waals surface area contributed by atoms with Crippen molar-refractivity contribution < 1.29 is 19.1 Å². The molecule has 1 N–H and O–H groups in total. The average molecular weight is 536 g/mol. The van der Waals surface area contributed by atoms with Crippen LogP contribution in [0.15, 0.2) is 83.1 Å². The predicted molar refractivity (Wildman–Crippen MR) is 147 cm³/mol. The Labute approximate surface area is 221 Å². The van der Waals surface area contributed by atoms with Gasteiger partial charge in [0.1, 0.15) is 4.32 Å². The molecule has 2 heterocycles. The van der Waals surface area contributed by atoms with Gasteiger partial charge in [0.05, 0.1) is 17.0 Å². The van der Waals surface area contributed by atoms with E-state index in [1.165, 1.54) is 28.0 Å². The Morgan fingerprint density at radius 1 is 1.08 bits per heavy atom. The van der Waals surface area contributed by atoms with Gasteiger partial charge in [-0.15, -0.1) is 11.3 Å². The Bertz CT molecular complexity index is 1320. The molecular formula is C26H21N3O4S3. The first-order valence-corrected chi connectivity index (χ1v) is 13.0. The number of thiazole rings is 1. The molecule has 36 heavy (non-hydrogen) atoms. The van der Waals surface area contributed by atoms with E-state index in [9.17, 15) is 14.4 Å². The van der Waals surface area contributed by atoms with E-state index >= 15 is 0 Å². The minimum atomic E-state index is -0.601. The van der Waals surface area contributed by atoms with E-state index in [2.05, 4.69) is 10.3 Å². The summed E-state index contributed by atoms with van der Waals surface area (Å²) in [5, 5.41) is 4.88. The van der Waals surface area contributed by atoms with Crippen LogP contribution in [-0.4, -0.2) is 45.1 Å². The number of esters is 1. The molecule has 1 aromatic heterocycles. The SMILES string of the molecule is O=C(COC(=O)CCN1C(=O)/C(=C/C=C/c2ccccc2)SC1=S)Nc1nc(-c2ccccc2)cs1. The van der Waals surface area contributed by atoms with Gasteiger partial charge in [0.15, 0.2) is 11.7 Å². The van der Waals surface area contributed by atoms with Gasteiger partial charge < -0.3 is 4.74 Å². The summed E-state index contributed by atoms with van der Waals surface area (Å²) in [5.41, 5.74) is 2.71. The normalized spacial score (nSPS) is 14.6. The highest BCUT2D eigenvalue weighted by atomic mass is 32.2. The summed E-state index contributed by atoms with van der Waals surface area (Å²) in [7, 11) is 0. The van der Waals surface area contributed by atoms with Crippen molar-refractivity contribution >= 4 is 68.6 Å². The van der Waals surface area contributed by atoms with E-state index in [1.807, 2.05) is 72.1 Å². The van der Waals surface area contributed by atoms with Gasteiger partial charge in [0.25, 0.3) is 11.8 Å². The number of aromatic nitrogens is 1. The fourth-order valence-electron chi connectivity index (χ4n) is 3.17. The highest BCUT2D eigenvalue weighted by molar-refractivity contribution is 8.26. The summed E-state index contributed by atoms with van der Waals surface area (Å²) in [6, 6.07) is 19.3. The number of carbonyl (C=O) groups excluding carboxylic acids is 3. The predicted octanol–water partition coefficient (Wildman–Crippen LogP) is 5.14. The Balaban J connectivity index is 1.21. The molecule has 2 aromatic carbocycles. The van der Waals surface area contributed by atoms with Crippen LogP contribution in [0.5, 0.6) is 0 Å². The molecule has 0 bridgehead atoms. The van der Waals surface area contributed by atoms with Crippen LogP contribution in [-0.2, 0) is 19.1 Å². The molecule has 182 valence electrons. The number of hydrogen-bond donors (Lipinski definition) is 1. The van der Waals surface area contributed by atoms with Crippen LogP contribution in [0.25, 0.3) is 17.3 Å². The molecule has 4 rings (SSSR count). The number of thioether (sulfide) groups is 1. The number of carbonyl (C=O) groups is 3. The largest absolute Gasteiger partial charge is 0.456 e. The first-order valence-electron chi connectivity index (χ1n) is 10.9. The van der Waals surface area contributed by atoms with Crippen LogP contribution in [0.4, 0.5) is 5.13 Å². The molecule has 1 saturated heterocycles. The maximum atomic E-state index is 12.6. The van der Waals surface area contributed by atoms with Crippen molar-refractivity contribution in [1.29, 1.82) is 0 Å². The maximum absolute atomic E-state index is 12.6. The Kier molecular flexibility index (Phi) is 8.77. The number of ether oxygens (including phenoxy) is 1. The summed E-state index contributed by atoms with van der Waals surface area (Å²) >= 11 is 7.76. The molecule has 0 saturated carbocycles. The third-order valence-electron chi connectivity index (χ3n) is 4.93. The lowest BCUT2D eigenvalue weighted by atomic mass is 10.2. The lowest BCUT2D eigenvalue weighted by Crippen LogP contribution is -2.31. The van der Waals surface area contributed by atoms with Crippen molar-refractivity contribution in [2.24, 2.45) is 0 Å². The van der Waals surface area contributed by atoms with Crippen LogP contribution in [0.1, 0.15) is 12.0 Å². The Morgan fingerprint density at radius 2 is 1.81 bits per heavy atom. The molecule has 0 aliphatic carbocycles. The number of hydrogen-bond acceptors (Lipinski definition) is 8. The van der Waals surface area contributed by atoms with Crippen LogP contribution >= 0.6 is 35.3 Å². The van der Waals surface area contributed by atoms with Crippen molar-refractivity contribution in [1.82, 2.24) is 9.88 Å². The Morgan fingerprint density at radius 3 is 2.56 bits per heavy atom. The summed E-state index contributed by atoms with van der Waals surface area (Å²) in [6.07, 6.45) is 5.31. The fourth-order valence-corrected chi connectivity index (χ4v) is 5.16. The number of nitrogens with zero attached hydrogens (tertiary/aromatic N) is 2. The highest BCUT2D eigenvalue weighted by Gasteiger charge is 2.31. The van der Waals surface area contributed by atoms with Gasteiger partial charge in [-0.05, 0) is 11.6 Å². The van der Waals surface area contributed by atoms with Gasteiger partial charge in [0.2, 0.25) is 0 Å². The summed E-state index contributed by atoms with van der Waals surface area (Å²) < 4.78 is 5.43. The number of amides is 2. The van der Waals surface area contributed by atoms with E-state index in [4.69, 9.17) is 17.0 Å². The third-order valence-corrected chi connectivity index (χ3v) is 7.09. The number of rotatable bonds is 9. The van der Waals surface area contributed by atoms with Crippen molar-refractivity contribution in [3.8, 4) is 11.3 Å². The standard InChI is InChI=1S/C26H21N3O4S3/c30-22(28-25-27-20(17-35-25)19-11-5-2-6-12-19)16-33-23(31)14-15-29-24(32)21(36-26(29)34)13-7-10-18-8-3-1-4-9-18/h1-13,17H,14-16H2,(H,27,28,30)/b10-7+,21-13-. The van der Waals surface area contributed by atoms with Gasteiger partial charge in [-0.1, -0.05) is 96.8 Å². The average Bonchev–Trinajstić information content (AvgIpc) is 3.46.